The van der Waals surface area contributed by atoms with Crippen LogP contribution in [0.2, 0.25) is 0 Å². The number of halogens is 1. The van der Waals surface area contributed by atoms with Crippen LogP contribution in [0, 0.1) is 6.92 Å². The van der Waals surface area contributed by atoms with Crippen LogP contribution in [0.25, 0.3) is 0 Å². The van der Waals surface area contributed by atoms with E-state index < -0.39 is 0 Å². The van der Waals surface area contributed by atoms with Crippen LogP contribution in [-0.4, -0.2) is 17.4 Å². The average Bonchev–Trinajstić information content (AvgIpc) is 3.10. The Morgan fingerprint density at radius 2 is 2.25 bits per heavy atom. The maximum absolute atomic E-state index is 12.8. The van der Waals surface area contributed by atoms with Gasteiger partial charge >= 0.3 is 0 Å². The summed E-state index contributed by atoms with van der Waals surface area (Å²) in [5, 5.41) is 4.24. The quantitative estimate of drug-likeness (QED) is 0.762. The first-order valence-corrected chi connectivity index (χ1v) is 8.50. The normalized spacial score (nSPS) is 18.5. The first-order chi connectivity index (χ1) is 9.68. The van der Waals surface area contributed by atoms with Gasteiger partial charge in [0, 0.05) is 11.0 Å². The molecule has 0 radical (unpaired) electrons. The van der Waals surface area contributed by atoms with Crippen molar-refractivity contribution in [1.82, 2.24) is 4.90 Å². The van der Waals surface area contributed by atoms with Crippen LogP contribution < -0.4 is 0 Å². The number of aryl methyl sites for hydroxylation is 1. The Kier molecular flexibility index (Phi) is 3.94. The average molecular weight is 350 g/mol. The van der Waals surface area contributed by atoms with Gasteiger partial charge in [0.1, 0.15) is 0 Å². The van der Waals surface area contributed by atoms with Crippen LogP contribution in [0.1, 0.15) is 40.4 Å². The maximum Gasteiger partial charge on any atom is 0.255 e. The van der Waals surface area contributed by atoms with Crippen molar-refractivity contribution in [3.05, 3.63) is 56.2 Å². The number of nitrogens with zero attached hydrogens (tertiary/aromatic N) is 1. The zero-order chi connectivity index (χ0) is 14.1. The summed E-state index contributed by atoms with van der Waals surface area (Å²) >= 11 is 5.25. The number of thiophene rings is 1. The van der Waals surface area contributed by atoms with Gasteiger partial charge in [-0.2, -0.15) is 11.3 Å². The van der Waals surface area contributed by atoms with E-state index in [0.717, 1.165) is 35.0 Å². The van der Waals surface area contributed by atoms with Gasteiger partial charge in [-0.1, -0.05) is 12.1 Å². The minimum atomic E-state index is 0.134. The molecule has 1 aliphatic rings. The second-order valence-electron chi connectivity index (χ2n) is 5.15. The molecule has 1 aromatic heterocycles. The van der Waals surface area contributed by atoms with Crippen LogP contribution in [0.15, 0.2) is 39.5 Å². The topological polar surface area (TPSA) is 20.3 Å². The number of hydrogen-bond acceptors (Lipinski definition) is 2. The number of carbonyl (C=O) groups excluding carboxylic acids is 1. The number of hydrogen-bond donors (Lipinski definition) is 0. The molecule has 1 saturated heterocycles. The Bertz CT molecular complexity index is 623. The molecule has 1 unspecified atom stereocenters. The largest absolute Gasteiger partial charge is 0.332 e. The summed E-state index contributed by atoms with van der Waals surface area (Å²) in [6.07, 6.45) is 2.14. The molecule has 2 aromatic rings. The number of carbonyl (C=O) groups is 1. The Balaban J connectivity index is 1.92. The van der Waals surface area contributed by atoms with Crippen LogP contribution in [0.3, 0.4) is 0 Å². The fourth-order valence-corrected chi connectivity index (χ4v) is 3.93. The molecule has 0 aliphatic carbocycles. The fourth-order valence-electron chi connectivity index (χ4n) is 2.79. The molecule has 0 spiro atoms. The first kappa shape index (κ1) is 13.8. The van der Waals surface area contributed by atoms with E-state index in [1.807, 2.05) is 30.0 Å². The molecule has 0 N–H and O–H groups in total. The third kappa shape index (κ3) is 2.42. The fraction of sp³-hybridized carbons (Fsp3) is 0.312. The van der Waals surface area contributed by atoms with Gasteiger partial charge in [-0.25, -0.2) is 0 Å². The van der Waals surface area contributed by atoms with Gasteiger partial charge in [0.25, 0.3) is 5.91 Å². The zero-order valence-corrected chi connectivity index (χ0v) is 13.7. The summed E-state index contributed by atoms with van der Waals surface area (Å²) in [6.45, 7) is 2.86. The van der Waals surface area contributed by atoms with Crippen molar-refractivity contribution in [1.29, 1.82) is 0 Å². The highest BCUT2D eigenvalue weighted by molar-refractivity contribution is 9.10. The van der Waals surface area contributed by atoms with E-state index in [-0.39, 0.29) is 11.9 Å². The van der Waals surface area contributed by atoms with Crippen LogP contribution >= 0.6 is 27.3 Å². The molecule has 0 saturated carbocycles. The Labute approximate surface area is 131 Å². The lowest BCUT2D eigenvalue weighted by Gasteiger charge is -2.25. The van der Waals surface area contributed by atoms with Gasteiger partial charge in [-0.15, -0.1) is 0 Å². The van der Waals surface area contributed by atoms with E-state index in [1.165, 1.54) is 5.56 Å². The third-order valence-electron chi connectivity index (χ3n) is 3.86. The lowest BCUT2D eigenvalue weighted by molar-refractivity contribution is 0.0735. The zero-order valence-electron chi connectivity index (χ0n) is 11.3. The van der Waals surface area contributed by atoms with Crippen molar-refractivity contribution in [3.8, 4) is 0 Å². The van der Waals surface area contributed by atoms with Crippen molar-refractivity contribution in [3.63, 3.8) is 0 Å². The minimum Gasteiger partial charge on any atom is -0.332 e. The van der Waals surface area contributed by atoms with Gasteiger partial charge in [0.15, 0.2) is 0 Å². The van der Waals surface area contributed by atoms with E-state index in [2.05, 4.69) is 32.8 Å². The van der Waals surface area contributed by atoms with E-state index in [4.69, 9.17) is 0 Å². The summed E-state index contributed by atoms with van der Waals surface area (Å²) in [6, 6.07) is 8.24. The summed E-state index contributed by atoms with van der Waals surface area (Å²) in [7, 11) is 0. The molecular formula is C16H16BrNOS. The molecule has 1 fully saturated rings. The molecule has 2 nitrogen and oxygen atoms in total. The number of benzene rings is 1. The highest BCUT2D eigenvalue weighted by Crippen LogP contribution is 2.35. The lowest BCUT2D eigenvalue weighted by atomic mass is 10.1. The Hall–Kier alpha value is -1.13. The van der Waals surface area contributed by atoms with Gasteiger partial charge in [-0.05, 0) is 69.7 Å². The van der Waals surface area contributed by atoms with Crippen LogP contribution in [-0.2, 0) is 0 Å². The summed E-state index contributed by atoms with van der Waals surface area (Å²) in [5.41, 5.74) is 3.14. The van der Waals surface area contributed by atoms with Crippen molar-refractivity contribution in [2.45, 2.75) is 25.8 Å². The molecular weight excluding hydrogens is 334 g/mol. The number of rotatable bonds is 2. The second-order valence-corrected chi connectivity index (χ2v) is 6.72. The number of likely N-dealkylation sites (tertiary alicyclic amines) is 1. The number of amides is 1. The molecule has 1 atom stereocenters. The predicted octanol–water partition coefficient (Wildman–Crippen LogP) is 4.80. The summed E-state index contributed by atoms with van der Waals surface area (Å²) < 4.78 is 0.918. The van der Waals surface area contributed by atoms with Crippen molar-refractivity contribution in [2.24, 2.45) is 0 Å². The van der Waals surface area contributed by atoms with E-state index in [9.17, 15) is 4.79 Å². The van der Waals surface area contributed by atoms with Crippen molar-refractivity contribution >= 4 is 33.2 Å². The van der Waals surface area contributed by atoms with Gasteiger partial charge < -0.3 is 4.90 Å². The van der Waals surface area contributed by atoms with Gasteiger partial charge in [0.2, 0.25) is 0 Å². The molecule has 104 valence electrons. The second kappa shape index (κ2) is 5.70. The Morgan fingerprint density at radius 3 is 3.00 bits per heavy atom. The smallest absolute Gasteiger partial charge is 0.255 e. The van der Waals surface area contributed by atoms with Crippen LogP contribution in [0.5, 0.6) is 0 Å². The molecule has 0 bridgehead atoms. The minimum absolute atomic E-state index is 0.134. The lowest BCUT2D eigenvalue weighted by Crippen LogP contribution is -2.30. The standard InChI is InChI=1S/C16H16BrNOS/c1-11-4-2-5-13(15(11)17)16(19)18-8-3-6-14(18)12-7-9-20-10-12/h2,4-5,7,9-10,14H,3,6,8H2,1H3. The molecule has 1 aliphatic heterocycles. The van der Waals surface area contributed by atoms with Crippen molar-refractivity contribution < 1.29 is 4.79 Å². The molecule has 4 heteroatoms. The van der Waals surface area contributed by atoms with Crippen LogP contribution in [0.4, 0.5) is 0 Å². The SMILES string of the molecule is Cc1cccc(C(=O)N2CCCC2c2ccsc2)c1Br. The first-order valence-electron chi connectivity index (χ1n) is 6.76. The highest BCUT2D eigenvalue weighted by atomic mass is 79.9. The molecule has 1 aromatic carbocycles. The molecule has 1 amide bonds. The Morgan fingerprint density at radius 1 is 1.40 bits per heavy atom. The molecule has 2 heterocycles. The monoisotopic (exact) mass is 349 g/mol. The highest BCUT2D eigenvalue weighted by Gasteiger charge is 2.31. The molecule has 3 rings (SSSR count). The van der Waals surface area contributed by atoms with Gasteiger partial charge in [-0.3, -0.25) is 4.79 Å². The van der Waals surface area contributed by atoms with E-state index in [0.29, 0.717) is 0 Å². The van der Waals surface area contributed by atoms with Gasteiger partial charge in [0.05, 0.1) is 11.6 Å². The summed E-state index contributed by atoms with van der Waals surface area (Å²) in [4.78, 5) is 14.8. The predicted molar refractivity (Wildman–Crippen MR) is 86.2 cm³/mol. The maximum atomic E-state index is 12.8. The van der Waals surface area contributed by atoms with E-state index in [1.54, 1.807) is 11.3 Å². The van der Waals surface area contributed by atoms with E-state index >= 15 is 0 Å². The molecule has 20 heavy (non-hydrogen) atoms. The summed E-state index contributed by atoms with van der Waals surface area (Å²) in [5.74, 6) is 0.134. The van der Waals surface area contributed by atoms with Crippen molar-refractivity contribution in [2.75, 3.05) is 6.54 Å². The third-order valence-corrected chi connectivity index (χ3v) is 5.62.